The highest BCUT2D eigenvalue weighted by Crippen LogP contribution is 2.44. The molecule has 0 aromatic heterocycles. The molecule has 0 amide bonds. The molecule has 2 fully saturated rings. The third-order valence-corrected chi connectivity index (χ3v) is 4.97. The zero-order chi connectivity index (χ0) is 13.2. The Morgan fingerprint density at radius 1 is 1.05 bits per heavy atom. The molecule has 2 aliphatic rings. The molecule has 0 radical (unpaired) electrons. The first kappa shape index (κ1) is 13.2. The molecule has 1 nitrogen and oxygen atoms in total. The maximum absolute atomic E-state index is 3.79. The van der Waals surface area contributed by atoms with Crippen LogP contribution in [0, 0.1) is 17.8 Å². The van der Waals surface area contributed by atoms with Crippen molar-refractivity contribution in [1.82, 2.24) is 5.32 Å². The largest absolute Gasteiger partial charge is 0.310 e. The minimum atomic E-state index is 0.748. The standard InChI is InChI=1S/C18H27N/c1-13(2)9-14-3-5-15(6-4-14)12-19-18-11-16-7-8-17(18)10-16/h3-6,13,16-19H,7-12H2,1-2H3. The maximum Gasteiger partial charge on any atom is 0.0208 e. The average molecular weight is 257 g/mol. The van der Waals surface area contributed by atoms with Gasteiger partial charge >= 0.3 is 0 Å². The molecule has 3 unspecified atom stereocenters. The highest BCUT2D eigenvalue weighted by atomic mass is 14.9. The summed E-state index contributed by atoms with van der Waals surface area (Å²) in [6, 6.07) is 10.0. The highest BCUT2D eigenvalue weighted by Gasteiger charge is 2.38. The first-order valence-electron chi connectivity index (χ1n) is 8.02. The summed E-state index contributed by atoms with van der Waals surface area (Å²) in [5, 5.41) is 3.79. The van der Waals surface area contributed by atoms with Crippen molar-refractivity contribution >= 4 is 0 Å². The lowest BCUT2D eigenvalue weighted by atomic mass is 9.95. The van der Waals surface area contributed by atoms with Gasteiger partial charge in [-0.1, -0.05) is 44.5 Å². The molecule has 0 saturated heterocycles. The van der Waals surface area contributed by atoms with Gasteiger partial charge in [0.2, 0.25) is 0 Å². The average Bonchev–Trinajstić information content (AvgIpc) is 2.99. The molecule has 0 spiro atoms. The number of hydrogen-bond acceptors (Lipinski definition) is 1. The molecule has 2 bridgehead atoms. The van der Waals surface area contributed by atoms with E-state index in [0.717, 1.165) is 30.3 Å². The Morgan fingerprint density at radius 2 is 1.79 bits per heavy atom. The molecule has 0 heterocycles. The van der Waals surface area contributed by atoms with Crippen molar-refractivity contribution in [2.24, 2.45) is 17.8 Å². The second-order valence-corrected chi connectivity index (χ2v) is 7.08. The van der Waals surface area contributed by atoms with Gasteiger partial charge in [-0.05, 0) is 54.6 Å². The molecular formula is C18H27N. The van der Waals surface area contributed by atoms with Crippen LogP contribution in [0.5, 0.6) is 0 Å². The van der Waals surface area contributed by atoms with Crippen molar-refractivity contribution in [3.63, 3.8) is 0 Å². The SMILES string of the molecule is CC(C)Cc1ccc(CNC2CC3CCC2C3)cc1. The van der Waals surface area contributed by atoms with Gasteiger partial charge in [0.15, 0.2) is 0 Å². The second kappa shape index (κ2) is 5.66. The van der Waals surface area contributed by atoms with Crippen molar-refractivity contribution in [3.05, 3.63) is 35.4 Å². The fraction of sp³-hybridized carbons (Fsp3) is 0.667. The maximum atomic E-state index is 3.79. The van der Waals surface area contributed by atoms with Crippen LogP contribution < -0.4 is 5.32 Å². The summed E-state index contributed by atoms with van der Waals surface area (Å²) in [5.74, 6) is 2.76. The van der Waals surface area contributed by atoms with Crippen LogP contribution in [0.25, 0.3) is 0 Å². The Morgan fingerprint density at radius 3 is 2.37 bits per heavy atom. The Balaban J connectivity index is 1.50. The summed E-state index contributed by atoms with van der Waals surface area (Å²) in [6.07, 6.45) is 7.07. The normalized spacial score (nSPS) is 29.3. The van der Waals surface area contributed by atoms with E-state index in [9.17, 15) is 0 Å². The van der Waals surface area contributed by atoms with E-state index < -0.39 is 0 Å². The van der Waals surface area contributed by atoms with E-state index >= 15 is 0 Å². The van der Waals surface area contributed by atoms with Crippen LogP contribution in [0.2, 0.25) is 0 Å². The molecular weight excluding hydrogens is 230 g/mol. The van der Waals surface area contributed by atoms with E-state index in [1.54, 1.807) is 0 Å². The Bertz CT molecular complexity index is 406. The Hall–Kier alpha value is -0.820. The first-order valence-corrected chi connectivity index (χ1v) is 8.02. The van der Waals surface area contributed by atoms with Crippen LogP contribution >= 0.6 is 0 Å². The smallest absolute Gasteiger partial charge is 0.0208 e. The van der Waals surface area contributed by atoms with Crippen LogP contribution in [0.3, 0.4) is 0 Å². The predicted molar refractivity (Wildman–Crippen MR) is 81.1 cm³/mol. The van der Waals surface area contributed by atoms with Gasteiger partial charge < -0.3 is 5.32 Å². The Labute approximate surface area is 117 Å². The molecule has 19 heavy (non-hydrogen) atoms. The zero-order valence-corrected chi connectivity index (χ0v) is 12.4. The molecule has 104 valence electrons. The lowest BCUT2D eigenvalue weighted by Gasteiger charge is -2.23. The summed E-state index contributed by atoms with van der Waals surface area (Å²) in [5.41, 5.74) is 2.91. The molecule has 1 heteroatoms. The molecule has 1 aromatic rings. The lowest BCUT2D eigenvalue weighted by Crippen LogP contribution is -2.33. The molecule has 1 aromatic carbocycles. The van der Waals surface area contributed by atoms with E-state index in [1.807, 2.05) is 0 Å². The zero-order valence-electron chi connectivity index (χ0n) is 12.4. The van der Waals surface area contributed by atoms with E-state index in [4.69, 9.17) is 0 Å². The van der Waals surface area contributed by atoms with E-state index in [-0.39, 0.29) is 0 Å². The van der Waals surface area contributed by atoms with Crippen LogP contribution in [0.1, 0.15) is 50.7 Å². The fourth-order valence-corrected chi connectivity index (χ4v) is 4.01. The minimum absolute atomic E-state index is 0.748. The molecule has 3 atom stereocenters. The van der Waals surface area contributed by atoms with Crippen molar-refractivity contribution in [2.75, 3.05) is 0 Å². The Kier molecular flexibility index (Phi) is 3.93. The highest BCUT2D eigenvalue weighted by molar-refractivity contribution is 5.23. The molecule has 2 aliphatic carbocycles. The summed E-state index contributed by atoms with van der Waals surface area (Å²) in [7, 11) is 0. The van der Waals surface area contributed by atoms with Gasteiger partial charge in [0.1, 0.15) is 0 Å². The first-order chi connectivity index (χ1) is 9.20. The quantitative estimate of drug-likeness (QED) is 0.835. The van der Waals surface area contributed by atoms with Crippen molar-refractivity contribution < 1.29 is 0 Å². The van der Waals surface area contributed by atoms with E-state index in [1.165, 1.54) is 43.2 Å². The monoisotopic (exact) mass is 257 g/mol. The van der Waals surface area contributed by atoms with Gasteiger partial charge in [-0.2, -0.15) is 0 Å². The molecule has 0 aliphatic heterocycles. The van der Waals surface area contributed by atoms with Gasteiger partial charge in [-0.3, -0.25) is 0 Å². The van der Waals surface area contributed by atoms with Gasteiger partial charge in [0, 0.05) is 12.6 Å². The predicted octanol–water partition coefficient (Wildman–Crippen LogP) is 4.16. The third-order valence-electron chi connectivity index (χ3n) is 4.97. The van der Waals surface area contributed by atoms with Gasteiger partial charge in [-0.15, -0.1) is 0 Å². The number of fused-ring (bicyclic) bond motifs is 2. The van der Waals surface area contributed by atoms with E-state index in [0.29, 0.717) is 0 Å². The number of hydrogen-bond donors (Lipinski definition) is 1. The second-order valence-electron chi connectivity index (χ2n) is 7.08. The van der Waals surface area contributed by atoms with Crippen molar-refractivity contribution in [3.8, 4) is 0 Å². The summed E-state index contributed by atoms with van der Waals surface area (Å²) < 4.78 is 0. The topological polar surface area (TPSA) is 12.0 Å². The molecule has 1 N–H and O–H groups in total. The lowest BCUT2D eigenvalue weighted by molar-refractivity contribution is 0.351. The summed E-state index contributed by atoms with van der Waals surface area (Å²) >= 11 is 0. The fourth-order valence-electron chi connectivity index (χ4n) is 4.01. The number of benzene rings is 1. The summed E-state index contributed by atoms with van der Waals surface area (Å²) in [4.78, 5) is 0. The summed E-state index contributed by atoms with van der Waals surface area (Å²) in [6.45, 7) is 5.62. The van der Waals surface area contributed by atoms with Gasteiger partial charge in [0.25, 0.3) is 0 Å². The minimum Gasteiger partial charge on any atom is -0.310 e. The third kappa shape index (κ3) is 3.20. The molecule has 2 saturated carbocycles. The van der Waals surface area contributed by atoms with Gasteiger partial charge in [0.05, 0.1) is 0 Å². The number of nitrogens with one attached hydrogen (secondary N) is 1. The van der Waals surface area contributed by atoms with Crippen LogP contribution in [-0.4, -0.2) is 6.04 Å². The number of rotatable bonds is 5. The van der Waals surface area contributed by atoms with Gasteiger partial charge in [-0.25, -0.2) is 0 Å². The van der Waals surface area contributed by atoms with E-state index in [2.05, 4.69) is 43.4 Å². The van der Waals surface area contributed by atoms with Crippen LogP contribution in [0.4, 0.5) is 0 Å². The van der Waals surface area contributed by atoms with Crippen molar-refractivity contribution in [1.29, 1.82) is 0 Å². The van der Waals surface area contributed by atoms with Crippen LogP contribution in [0.15, 0.2) is 24.3 Å². The van der Waals surface area contributed by atoms with Crippen LogP contribution in [-0.2, 0) is 13.0 Å². The van der Waals surface area contributed by atoms with Crippen molar-refractivity contribution in [2.45, 2.75) is 58.5 Å². The molecule has 3 rings (SSSR count).